The second kappa shape index (κ2) is 5.48. The molecular weight excluding hydrogens is 260 g/mol. The van der Waals surface area contributed by atoms with Crippen molar-refractivity contribution in [2.75, 3.05) is 4.90 Å². The third-order valence-electron chi connectivity index (χ3n) is 3.96. The van der Waals surface area contributed by atoms with Crippen LogP contribution in [0.15, 0.2) is 18.2 Å². The highest BCUT2D eigenvalue weighted by molar-refractivity contribution is 5.97. The van der Waals surface area contributed by atoms with Crippen LogP contribution in [0.1, 0.15) is 43.5 Å². The van der Waals surface area contributed by atoms with Gasteiger partial charge in [0.05, 0.1) is 10.5 Å². The molecule has 1 aromatic rings. The number of carbonyl (C=O) groups is 1. The molecule has 20 heavy (non-hydrogen) atoms. The van der Waals surface area contributed by atoms with Gasteiger partial charge in [0.15, 0.2) is 0 Å². The number of rotatable bonds is 4. The molecule has 1 saturated heterocycles. The fourth-order valence-electron chi connectivity index (χ4n) is 3.00. The Hall–Kier alpha value is -2.11. The van der Waals surface area contributed by atoms with Gasteiger partial charge in [-0.3, -0.25) is 10.1 Å². The van der Waals surface area contributed by atoms with Gasteiger partial charge in [0.25, 0.3) is 5.69 Å². The largest absolute Gasteiger partial charge is 0.478 e. The van der Waals surface area contributed by atoms with Crippen molar-refractivity contribution < 1.29 is 14.8 Å². The third-order valence-corrected chi connectivity index (χ3v) is 3.96. The number of carboxylic acid groups (broad SMARTS) is 1. The van der Waals surface area contributed by atoms with Crippen LogP contribution in [0.4, 0.5) is 11.4 Å². The van der Waals surface area contributed by atoms with Gasteiger partial charge in [-0.15, -0.1) is 0 Å². The topological polar surface area (TPSA) is 83.7 Å². The Morgan fingerprint density at radius 1 is 1.50 bits per heavy atom. The summed E-state index contributed by atoms with van der Waals surface area (Å²) in [4.78, 5) is 24.1. The highest BCUT2D eigenvalue weighted by Gasteiger charge is 2.36. The fraction of sp³-hybridized carbons (Fsp3) is 0.500. The summed E-state index contributed by atoms with van der Waals surface area (Å²) < 4.78 is 0. The predicted molar refractivity (Wildman–Crippen MR) is 75.3 cm³/mol. The van der Waals surface area contributed by atoms with E-state index in [-0.39, 0.29) is 29.0 Å². The minimum atomic E-state index is -1.13. The molecule has 1 aliphatic rings. The van der Waals surface area contributed by atoms with Crippen LogP contribution in [0, 0.1) is 10.1 Å². The van der Waals surface area contributed by atoms with Crippen LogP contribution in [0.5, 0.6) is 0 Å². The summed E-state index contributed by atoms with van der Waals surface area (Å²) in [5.74, 6) is -1.13. The van der Waals surface area contributed by atoms with Crippen molar-refractivity contribution in [1.82, 2.24) is 0 Å². The lowest BCUT2D eigenvalue weighted by atomic mass is 10.1. The van der Waals surface area contributed by atoms with Crippen LogP contribution < -0.4 is 4.90 Å². The normalized spacial score (nSPS) is 22.0. The van der Waals surface area contributed by atoms with E-state index in [1.807, 2.05) is 18.7 Å². The molecule has 6 heteroatoms. The summed E-state index contributed by atoms with van der Waals surface area (Å²) in [5, 5.41) is 20.6. The van der Waals surface area contributed by atoms with Gasteiger partial charge >= 0.3 is 5.97 Å². The molecule has 0 saturated carbocycles. The van der Waals surface area contributed by atoms with Crippen LogP contribution >= 0.6 is 0 Å². The number of hydrogen-bond acceptors (Lipinski definition) is 4. The number of para-hydroxylation sites is 1. The molecule has 1 aliphatic heterocycles. The Labute approximate surface area is 117 Å². The number of anilines is 1. The van der Waals surface area contributed by atoms with Crippen LogP contribution in [0.25, 0.3) is 0 Å². The molecule has 1 heterocycles. The molecule has 0 bridgehead atoms. The molecule has 108 valence electrons. The number of aromatic carboxylic acids is 1. The van der Waals surface area contributed by atoms with E-state index in [1.165, 1.54) is 18.2 Å². The summed E-state index contributed by atoms with van der Waals surface area (Å²) in [6, 6.07) is 4.50. The zero-order chi connectivity index (χ0) is 14.9. The van der Waals surface area contributed by atoms with E-state index in [2.05, 4.69) is 0 Å². The van der Waals surface area contributed by atoms with E-state index >= 15 is 0 Å². The van der Waals surface area contributed by atoms with Gasteiger partial charge in [-0.25, -0.2) is 4.79 Å². The molecule has 0 radical (unpaired) electrons. The minimum Gasteiger partial charge on any atom is -0.478 e. The van der Waals surface area contributed by atoms with Gasteiger partial charge in [-0.05, 0) is 32.3 Å². The number of carboxylic acids is 1. The smallest absolute Gasteiger partial charge is 0.338 e. The zero-order valence-corrected chi connectivity index (χ0v) is 11.6. The van der Waals surface area contributed by atoms with Gasteiger partial charge in [-0.1, -0.05) is 13.0 Å². The Balaban J connectivity index is 2.63. The SMILES string of the molecule is CCC1CCC(C)N1c1c(C(=O)O)cccc1[N+](=O)[O-]. The van der Waals surface area contributed by atoms with Crippen molar-refractivity contribution in [2.45, 2.75) is 45.2 Å². The lowest BCUT2D eigenvalue weighted by Gasteiger charge is -2.30. The van der Waals surface area contributed by atoms with Crippen molar-refractivity contribution in [1.29, 1.82) is 0 Å². The van der Waals surface area contributed by atoms with Crippen molar-refractivity contribution in [3.05, 3.63) is 33.9 Å². The van der Waals surface area contributed by atoms with E-state index in [0.717, 1.165) is 19.3 Å². The molecule has 2 unspecified atom stereocenters. The average molecular weight is 278 g/mol. The molecule has 0 aromatic heterocycles. The monoisotopic (exact) mass is 278 g/mol. The molecule has 1 fully saturated rings. The molecule has 2 rings (SSSR count). The quantitative estimate of drug-likeness (QED) is 0.676. The van der Waals surface area contributed by atoms with Gasteiger partial charge in [-0.2, -0.15) is 0 Å². The average Bonchev–Trinajstić information content (AvgIpc) is 2.78. The summed E-state index contributed by atoms with van der Waals surface area (Å²) in [7, 11) is 0. The number of benzene rings is 1. The van der Waals surface area contributed by atoms with E-state index in [1.54, 1.807) is 0 Å². The van der Waals surface area contributed by atoms with Gasteiger partial charge < -0.3 is 10.0 Å². The summed E-state index contributed by atoms with van der Waals surface area (Å²) in [6.45, 7) is 4.00. The van der Waals surface area contributed by atoms with Crippen molar-refractivity contribution in [3.63, 3.8) is 0 Å². The first-order chi connectivity index (χ1) is 9.47. The molecule has 0 amide bonds. The fourth-order valence-corrected chi connectivity index (χ4v) is 3.00. The second-order valence-corrected chi connectivity index (χ2v) is 5.13. The van der Waals surface area contributed by atoms with Crippen LogP contribution in [-0.2, 0) is 0 Å². The standard InChI is InChI=1S/C14H18N2O4/c1-3-10-8-7-9(2)15(10)13-11(14(17)18)5-4-6-12(13)16(19)20/h4-6,9-10H,3,7-8H2,1-2H3,(H,17,18). The van der Waals surface area contributed by atoms with Crippen molar-refractivity contribution in [3.8, 4) is 0 Å². The second-order valence-electron chi connectivity index (χ2n) is 5.13. The molecule has 0 aliphatic carbocycles. The molecule has 1 aromatic carbocycles. The van der Waals surface area contributed by atoms with Crippen LogP contribution in [0.3, 0.4) is 0 Å². The van der Waals surface area contributed by atoms with Gasteiger partial charge in [0, 0.05) is 18.2 Å². The number of nitrogens with zero attached hydrogens (tertiary/aromatic N) is 2. The Bertz CT molecular complexity index is 512. The Kier molecular flexibility index (Phi) is 3.92. The first-order valence-electron chi connectivity index (χ1n) is 6.76. The number of hydrogen-bond donors (Lipinski definition) is 1. The minimum absolute atomic E-state index is 0.00593. The molecule has 0 spiro atoms. The van der Waals surface area contributed by atoms with E-state index in [9.17, 15) is 20.0 Å². The van der Waals surface area contributed by atoms with E-state index < -0.39 is 10.9 Å². The maximum absolute atomic E-state index is 11.4. The zero-order valence-electron chi connectivity index (χ0n) is 11.6. The highest BCUT2D eigenvalue weighted by atomic mass is 16.6. The summed E-state index contributed by atoms with van der Waals surface area (Å²) in [6.07, 6.45) is 2.70. The maximum Gasteiger partial charge on any atom is 0.338 e. The first-order valence-corrected chi connectivity index (χ1v) is 6.76. The highest BCUT2D eigenvalue weighted by Crippen LogP contribution is 2.40. The third kappa shape index (κ3) is 2.33. The molecule has 1 N–H and O–H groups in total. The van der Waals surface area contributed by atoms with Crippen molar-refractivity contribution >= 4 is 17.3 Å². The van der Waals surface area contributed by atoms with Crippen molar-refractivity contribution in [2.24, 2.45) is 0 Å². The molecule has 6 nitrogen and oxygen atoms in total. The first kappa shape index (κ1) is 14.3. The summed E-state index contributed by atoms with van der Waals surface area (Å²) in [5.41, 5.74) is 0.130. The summed E-state index contributed by atoms with van der Waals surface area (Å²) >= 11 is 0. The lowest BCUT2D eigenvalue weighted by molar-refractivity contribution is -0.384. The Morgan fingerprint density at radius 3 is 2.75 bits per heavy atom. The maximum atomic E-state index is 11.4. The number of nitro benzene ring substituents is 1. The van der Waals surface area contributed by atoms with Gasteiger partial charge in [0.2, 0.25) is 0 Å². The predicted octanol–water partition coefficient (Wildman–Crippen LogP) is 3.06. The number of nitro groups is 1. The molecular formula is C14H18N2O4. The van der Waals surface area contributed by atoms with Crippen LogP contribution in [0.2, 0.25) is 0 Å². The van der Waals surface area contributed by atoms with Crippen LogP contribution in [-0.4, -0.2) is 28.1 Å². The van der Waals surface area contributed by atoms with E-state index in [4.69, 9.17) is 0 Å². The molecule has 2 atom stereocenters. The van der Waals surface area contributed by atoms with Gasteiger partial charge in [0.1, 0.15) is 5.69 Å². The Morgan fingerprint density at radius 2 is 2.20 bits per heavy atom. The van der Waals surface area contributed by atoms with E-state index in [0.29, 0.717) is 0 Å². The lowest BCUT2D eigenvalue weighted by Crippen LogP contribution is -2.35.